The maximum absolute atomic E-state index is 11.1. The monoisotopic (exact) mass is 322 g/mol. The van der Waals surface area contributed by atoms with Gasteiger partial charge in [0.25, 0.3) is 0 Å². The molecule has 0 aromatic carbocycles. The van der Waals surface area contributed by atoms with Crippen LogP contribution < -0.4 is 0 Å². The maximum Gasteiger partial charge on any atom is 0.160 e. The Hall–Kier alpha value is -0.0800. The summed E-state index contributed by atoms with van der Waals surface area (Å²) in [5.41, 5.74) is -0.164. The summed E-state index contributed by atoms with van der Waals surface area (Å²) in [6, 6.07) is 0. The highest BCUT2D eigenvalue weighted by atomic mass is 16.6. The Bertz CT molecular complexity index is 424. The van der Waals surface area contributed by atoms with Crippen LogP contribution in [0.2, 0.25) is 0 Å². The molecule has 7 unspecified atom stereocenters. The van der Waals surface area contributed by atoms with E-state index in [0.29, 0.717) is 12.0 Å². The number of hydrogen-bond acceptors (Lipinski definition) is 2. The molecule has 3 aliphatic carbocycles. The molecule has 0 saturated heterocycles. The first-order valence-electron chi connectivity index (χ1n) is 9.97. The maximum atomic E-state index is 11.1. The zero-order chi connectivity index (χ0) is 17.0. The van der Waals surface area contributed by atoms with E-state index in [2.05, 4.69) is 41.5 Å². The molecule has 2 nitrogen and oxygen atoms in total. The smallest absolute Gasteiger partial charge is 0.160 e. The fourth-order valence-corrected chi connectivity index (χ4v) is 6.10. The van der Waals surface area contributed by atoms with Crippen LogP contribution in [0, 0.1) is 40.4 Å². The lowest BCUT2D eigenvalue weighted by molar-refractivity contribution is -0.239. The number of rotatable bonds is 5. The van der Waals surface area contributed by atoms with Crippen LogP contribution in [0.25, 0.3) is 0 Å². The van der Waals surface area contributed by atoms with Gasteiger partial charge in [-0.15, -0.1) is 0 Å². The Balaban J connectivity index is 1.69. The van der Waals surface area contributed by atoms with Crippen LogP contribution in [0.1, 0.15) is 80.1 Å². The number of fused-ring (bicyclic) bond motifs is 5. The molecule has 0 spiro atoms. The summed E-state index contributed by atoms with van der Waals surface area (Å²) < 4.78 is 6.40. The summed E-state index contributed by atoms with van der Waals surface area (Å²) in [6.07, 6.45) is 7.51. The van der Waals surface area contributed by atoms with E-state index in [4.69, 9.17) is 4.74 Å². The van der Waals surface area contributed by atoms with Gasteiger partial charge in [0, 0.05) is 5.41 Å². The van der Waals surface area contributed by atoms with Crippen molar-refractivity contribution >= 4 is 0 Å². The molecule has 2 bridgehead atoms. The quantitative estimate of drug-likeness (QED) is 0.701. The molecule has 0 amide bonds. The second-order valence-corrected chi connectivity index (χ2v) is 10.4. The van der Waals surface area contributed by atoms with E-state index in [9.17, 15) is 5.11 Å². The largest absolute Gasteiger partial charge is 0.367 e. The van der Waals surface area contributed by atoms with Crippen molar-refractivity contribution in [2.24, 2.45) is 40.4 Å². The Morgan fingerprint density at radius 2 is 1.65 bits per heavy atom. The van der Waals surface area contributed by atoms with Crippen molar-refractivity contribution in [2.75, 3.05) is 0 Å². The molecule has 2 heteroatoms. The second-order valence-electron chi connectivity index (χ2n) is 10.4. The van der Waals surface area contributed by atoms with Gasteiger partial charge in [-0.2, -0.15) is 0 Å². The van der Waals surface area contributed by atoms with E-state index in [-0.39, 0.29) is 10.8 Å². The predicted octanol–water partition coefficient (Wildman–Crippen LogP) is 5.24. The van der Waals surface area contributed by atoms with E-state index in [1.807, 2.05) is 0 Å². The third-order valence-electron chi connectivity index (χ3n) is 7.76. The van der Waals surface area contributed by atoms with Gasteiger partial charge >= 0.3 is 0 Å². The number of aliphatic hydroxyl groups excluding tert-OH is 1. The summed E-state index contributed by atoms with van der Waals surface area (Å²) >= 11 is 0. The van der Waals surface area contributed by atoms with Crippen LogP contribution in [-0.2, 0) is 4.74 Å². The van der Waals surface area contributed by atoms with Gasteiger partial charge in [0.2, 0.25) is 0 Å². The second kappa shape index (κ2) is 6.02. The first-order valence-corrected chi connectivity index (χ1v) is 9.97. The summed E-state index contributed by atoms with van der Waals surface area (Å²) in [5.74, 6) is 4.07. The van der Waals surface area contributed by atoms with Crippen molar-refractivity contribution in [2.45, 2.75) is 92.5 Å². The third kappa shape index (κ3) is 2.99. The molecule has 0 radical (unpaired) electrons. The average Bonchev–Trinajstić information content (AvgIpc) is 3.07. The van der Waals surface area contributed by atoms with Gasteiger partial charge in [-0.25, -0.2) is 0 Å². The SMILES string of the molecule is CC(C)CC(C)(C(O)OC1CC2CC1C1CCCC21)C(C)(C)C. The number of aliphatic hydroxyl groups is 1. The van der Waals surface area contributed by atoms with Crippen molar-refractivity contribution < 1.29 is 9.84 Å². The van der Waals surface area contributed by atoms with Gasteiger partial charge in [0.15, 0.2) is 6.29 Å². The summed E-state index contributed by atoms with van der Waals surface area (Å²) in [4.78, 5) is 0. The normalized spacial score (nSPS) is 40.4. The van der Waals surface area contributed by atoms with Crippen LogP contribution >= 0.6 is 0 Å². The van der Waals surface area contributed by atoms with Crippen LogP contribution in [0.15, 0.2) is 0 Å². The molecule has 3 rings (SSSR count). The Kier molecular flexibility index (Phi) is 4.64. The zero-order valence-electron chi connectivity index (χ0n) is 16.1. The molecule has 3 fully saturated rings. The summed E-state index contributed by atoms with van der Waals surface area (Å²) in [7, 11) is 0. The zero-order valence-corrected chi connectivity index (χ0v) is 16.1. The molecule has 0 heterocycles. The molecule has 0 aliphatic heterocycles. The van der Waals surface area contributed by atoms with Crippen LogP contribution in [0.3, 0.4) is 0 Å². The lowest BCUT2D eigenvalue weighted by Gasteiger charge is -2.47. The van der Waals surface area contributed by atoms with Crippen LogP contribution in [0.5, 0.6) is 0 Å². The summed E-state index contributed by atoms with van der Waals surface area (Å²) in [6.45, 7) is 13.5. The van der Waals surface area contributed by atoms with Gasteiger partial charge in [-0.05, 0) is 67.1 Å². The highest BCUT2D eigenvalue weighted by Crippen LogP contribution is 2.60. The van der Waals surface area contributed by atoms with E-state index < -0.39 is 6.29 Å². The van der Waals surface area contributed by atoms with E-state index >= 15 is 0 Å². The fraction of sp³-hybridized carbons (Fsp3) is 1.00. The van der Waals surface area contributed by atoms with Crippen LogP contribution in [0.4, 0.5) is 0 Å². The molecule has 3 aliphatic rings. The highest BCUT2D eigenvalue weighted by Gasteiger charge is 2.56. The minimum Gasteiger partial charge on any atom is -0.367 e. The van der Waals surface area contributed by atoms with Crippen LogP contribution in [-0.4, -0.2) is 17.5 Å². The fourth-order valence-electron chi connectivity index (χ4n) is 6.10. The first kappa shape index (κ1) is 17.7. The van der Waals surface area contributed by atoms with E-state index in [1.54, 1.807) is 0 Å². The van der Waals surface area contributed by atoms with Gasteiger partial charge in [0.05, 0.1) is 6.10 Å². The Labute approximate surface area is 143 Å². The Morgan fingerprint density at radius 1 is 1.00 bits per heavy atom. The summed E-state index contributed by atoms with van der Waals surface area (Å²) in [5, 5.41) is 11.1. The van der Waals surface area contributed by atoms with Crippen molar-refractivity contribution in [1.82, 2.24) is 0 Å². The van der Waals surface area contributed by atoms with Gasteiger partial charge in [-0.3, -0.25) is 0 Å². The van der Waals surface area contributed by atoms with E-state index in [1.165, 1.54) is 32.1 Å². The topological polar surface area (TPSA) is 29.5 Å². The molecule has 0 aromatic heterocycles. The minimum absolute atomic E-state index is 0.0319. The minimum atomic E-state index is -0.644. The predicted molar refractivity (Wildman–Crippen MR) is 94.9 cm³/mol. The number of hydrogen-bond donors (Lipinski definition) is 1. The number of ether oxygens (including phenoxy) is 1. The lowest BCUT2D eigenvalue weighted by Crippen LogP contribution is -2.48. The van der Waals surface area contributed by atoms with Crippen molar-refractivity contribution in [3.05, 3.63) is 0 Å². The highest BCUT2D eigenvalue weighted by molar-refractivity contribution is 5.04. The van der Waals surface area contributed by atoms with Crippen molar-refractivity contribution in [3.63, 3.8) is 0 Å². The third-order valence-corrected chi connectivity index (χ3v) is 7.76. The Morgan fingerprint density at radius 3 is 2.26 bits per heavy atom. The molecule has 134 valence electrons. The van der Waals surface area contributed by atoms with Gasteiger partial charge in [-0.1, -0.05) is 48.0 Å². The molecule has 1 N–H and O–H groups in total. The molecule has 23 heavy (non-hydrogen) atoms. The molecule has 7 atom stereocenters. The standard InChI is InChI=1S/C21H38O2/c1-13(2)12-21(6,20(3,4)5)19(22)23-18-11-14-10-17(18)16-9-7-8-15(14)16/h13-19,22H,7-12H2,1-6H3. The lowest BCUT2D eigenvalue weighted by atomic mass is 9.63. The molecule has 3 saturated carbocycles. The van der Waals surface area contributed by atoms with E-state index in [0.717, 1.165) is 30.1 Å². The first-order chi connectivity index (χ1) is 10.6. The van der Waals surface area contributed by atoms with Crippen molar-refractivity contribution in [3.8, 4) is 0 Å². The molecular weight excluding hydrogens is 284 g/mol. The molecule has 0 aromatic rings. The molecular formula is C21H38O2. The van der Waals surface area contributed by atoms with Gasteiger partial charge in [0.1, 0.15) is 0 Å². The average molecular weight is 323 g/mol. The van der Waals surface area contributed by atoms with Gasteiger partial charge < -0.3 is 9.84 Å². The van der Waals surface area contributed by atoms with Crippen molar-refractivity contribution in [1.29, 1.82) is 0 Å².